The molecule has 0 aromatic heterocycles. The van der Waals surface area contributed by atoms with Gasteiger partial charge in [0.15, 0.2) is 0 Å². The van der Waals surface area contributed by atoms with Crippen LogP contribution in [0.5, 0.6) is 5.75 Å². The molecule has 1 aliphatic heterocycles. The molecule has 2 rings (SSSR count). The Morgan fingerprint density at radius 2 is 2.16 bits per heavy atom. The maximum Gasteiger partial charge on any atom is 0.122 e. The largest absolute Gasteiger partial charge is 0.496 e. The highest BCUT2D eigenvalue weighted by molar-refractivity contribution is 5.37. The molecular weight excluding hydrogens is 236 g/mol. The van der Waals surface area contributed by atoms with E-state index >= 15 is 0 Å². The molecule has 1 aromatic rings. The number of hydrogen-bond donors (Lipinski definition) is 1. The summed E-state index contributed by atoms with van der Waals surface area (Å²) >= 11 is 0. The van der Waals surface area contributed by atoms with Gasteiger partial charge < -0.3 is 15.0 Å². The van der Waals surface area contributed by atoms with Gasteiger partial charge in [-0.2, -0.15) is 0 Å². The maximum atomic E-state index is 5.37. The van der Waals surface area contributed by atoms with E-state index in [-0.39, 0.29) is 0 Å². The van der Waals surface area contributed by atoms with E-state index in [1.807, 2.05) is 0 Å². The lowest BCUT2D eigenvalue weighted by Crippen LogP contribution is -2.47. The Hall–Kier alpha value is -1.06. The first-order valence-electron chi connectivity index (χ1n) is 7.28. The Labute approximate surface area is 116 Å². The molecular formula is C16H26N2O. The molecule has 106 valence electrons. The number of rotatable bonds is 7. The third kappa shape index (κ3) is 3.95. The molecule has 1 fully saturated rings. The van der Waals surface area contributed by atoms with Crippen molar-refractivity contribution in [3.05, 3.63) is 29.3 Å². The van der Waals surface area contributed by atoms with E-state index < -0.39 is 0 Å². The van der Waals surface area contributed by atoms with Gasteiger partial charge in [-0.25, -0.2) is 0 Å². The van der Waals surface area contributed by atoms with E-state index in [0.717, 1.165) is 31.1 Å². The SMILES string of the molecule is CCc1cc(CCN(C)CC2CNC2)ccc1OC. The molecule has 3 nitrogen and oxygen atoms in total. The second-order valence-corrected chi connectivity index (χ2v) is 5.54. The number of likely N-dealkylation sites (N-methyl/N-ethyl adjacent to an activating group) is 1. The zero-order chi connectivity index (χ0) is 13.7. The van der Waals surface area contributed by atoms with Crippen LogP contribution in [-0.2, 0) is 12.8 Å². The first-order valence-corrected chi connectivity index (χ1v) is 7.28. The summed E-state index contributed by atoms with van der Waals surface area (Å²) in [4.78, 5) is 2.45. The molecule has 0 saturated carbocycles. The van der Waals surface area contributed by atoms with E-state index in [1.165, 1.54) is 30.8 Å². The van der Waals surface area contributed by atoms with Gasteiger partial charge in [0.2, 0.25) is 0 Å². The average Bonchev–Trinajstić information content (AvgIpc) is 2.40. The van der Waals surface area contributed by atoms with Crippen LogP contribution in [0.2, 0.25) is 0 Å². The van der Waals surface area contributed by atoms with Gasteiger partial charge in [0, 0.05) is 26.2 Å². The van der Waals surface area contributed by atoms with Gasteiger partial charge >= 0.3 is 0 Å². The highest BCUT2D eigenvalue weighted by Gasteiger charge is 2.18. The predicted molar refractivity (Wildman–Crippen MR) is 79.9 cm³/mol. The molecule has 1 heterocycles. The Morgan fingerprint density at radius 3 is 2.74 bits per heavy atom. The highest BCUT2D eigenvalue weighted by Crippen LogP contribution is 2.20. The molecule has 0 aliphatic carbocycles. The van der Waals surface area contributed by atoms with Crippen LogP contribution in [0.4, 0.5) is 0 Å². The topological polar surface area (TPSA) is 24.5 Å². The first-order chi connectivity index (χ1) is 9.22. The molecule has 0 unspecified atom stereocenters. The van der Waals surface area contributed by atoms with Crippen LogP contribution in [0.25, 0.3) is 0 Å². The quantitative estimate of drug-likeness (QED) is 0.813. The van der Waals surface area contributed by atoms with Crippen molar-refractivity contribution in [2.75, 3.05) is 40.3 Å². The molecule has 0 radical (unpaired) electrons. The molecule has 1 N–H and O–H groups in total. The fraction of sp³-hybridized carbons (Fsp3) is 0.625. The van der Waals surface area contributed by atoms with Crippen LogP contribution < -0.4 is 10.1 Å². The minimum absolute atomic E-state index is 0.854. The maximum absolute atomic E-state index is 5.37. The molecule has 19 heavy (non-hydrogen) atoms. The van der Waals surface area contributed by atoms with Crippen LogP contribution in [0.1, 0.15) is 18.1 Å². The Bertz CT molecular complexity index is 402. The fourth-order valence-electron chi connectivity index (χ4n) is 2.59. The second-order valence-electron chi connectivity index (χ2n) is 5.54. The van der Waals surface area contributed by atoms with E-state index in [1.54, 1.807) is 7.11 Å². The van der Waals surface area contributed by atoms with Crippen molar-refractivity contribution in [2.45, 2.75) is 19.8 Å². The molecule has 0 bridgehead atoms. The lowest BCUT2D eigenvalue weighted by Gasteiger charge is -2.31. The minimum Gasteiger partial charge on any atom is -0.496 e. The summed E-state index contributed by atoms with van der Waals surface area (Å²) in [6.45, 7) is 6.90. The zero-order valence-electron chi connectivity index (χ0n) is 12.4. The van der Waals surface area contributed by atoms with E-state index in [2.05, 4.69) is 42.4 Å². The van der Waals surface area contributed by atoms with Gasteiger partial charge in [0.25, 0.3) is 0 Å². The predicted octanol–water partition coefficient (Wildman–Crippen LogP) is 1.95. The molecule has 0 spiro atoms. The summed E-state index contributed by atoms with van der Waals surface area (Å²) in [5, 5.41) is 3.33. The fourth-order valence-corrected chi connectivity index (χ4v) is 2.59. The lowest BCUT2D eigenvalue weighted by atomic mass is 10.0. The second kappa shape index (κ2) is 6.92. The summed E-state index contributed by atoms with van der Waals surface area (Å²) in [5.74, 6) is 1.87. The summed E-state index contributed by atoms with van der Waals surface area (Å²) in [7, 11) is 3.97. The van der Waals surface area contributed by atoms with Crippen molar-refractivity contribution in [3.8, 4) is 5.75 Å². The lowest BCUT2D eigenvalue weighted by molar-refractivity contribution is 0.226. The number of hydrogen-bond acceptors (Lipinski definition) is 3. The number of ether oxygens (including phenoxy) is 1. The Kier molecular flexibility index (Phi) is 5.23. The van der Waals surface area contributed by atoms with Gasteiger partial charge in [-0.15, -0.1) is 0 Å². The molecule has 0 atom stereocenters. The third-order valence-electron chi connectivity index (χ3n) is 3.94. The van der Waals surface area contributed by atoms with Crippen LogP contribution in [0.15, 0.2) is 18.2 Å². The molecule has 3 heteroatoms. The van der Waals surface area contributed by atoms with Crippen LogP contribution in [-0.4, -0.2) is 45.2 Å². The van der Waals surface area contributed by atoms with Crippen LogP contribution in [0, 0.1) is 5.92 Å². The van der Waals surface area contributed by atoms with Crippen molar-refractivity contribution in [3.63, 3.8) is 0 Å². The molecule has 1 aromatic carbocycles. The summed E-state index contributed by atoms with van der Waals surface area (Å²) < 4.78 is 5.37. The van der Waals surface area contributed by atoms with Crippen molar-refractivity contribution < 1.29 is 4.74 Å². The first kappa shape index (κ1) is 14.4. The van der Waals surface area contributed by atoms with E-state index in [4.69, 9.17) is 4.74 Å². The highest BCUT2D eigenvalue weighted by atomic mass is 16.5. The number of methoxy groups -OCH3 is 1. The van der Waals surface area contributed by atoms with Crippen LogP contribution >= 0.6 is 0 Å². The van der Waals surface area contributed by atoms with Gasteiger partial charge in [0.05, 0.1) is 7.11 Å². The third-order valence-corrected chi connectivity index (χ3v) is 3.94. The number of benzene rings is 1. The monoisotopic (exact) mass is 262 g/mol. The smallest absolute Gasteiger partial charge is 0.122 e. The number of aryl methyl sites for hydroxylation is 1. The molecule has 1 saturated heterocycles. The van der Waals surface area contributed by atoms with Gasteiger partial charge in [0.1, 0.15) is 5.75 Å². The van der Waals surface area contributed by atoms with Crippen LogP contribution in [0.3, 0.4) is 0 Å². The van der Waals surface area contributed by atoms with Crippen molar-refractivity contribution in [1.29, 1.82) is 0 Å². The Morgan fingerprint density at radius 1 is 1.37 bits per heavy atom. The summed E-state index contributed by atoms with van der Waals surface area (Å²) in [6, 6.07) is 6.58. The standard InChI is InChI=1S/C16H26N2O/c1-4-15-9-13(5-6-16(15)19-3)7-8-18(2)12-14-10-17-11-14/h5-6,9,14,17H,4,7-8,10-12H2,1-3H3. The summed E-state index contributed by atoms with van der Waals surface area (Å²) in [6.07, 6.45) is 2.15. The van der Waals surface area contributed by atoms with E-state index in [0.29, 0.717) is 0 Å². The molecule has 0 amide bonds. The average molecular weight is 262 g/mol. The Balaban J connectivity index is 1.84. The normalized spacial score (nSPS) is 15.6. The van der Waals surface area contributed by atoms with Gasteiger partial charge in [-0.05, 0) is 43.0 Å². The van der Waals surface area contributed by atoms with Gasteiger partial charge in [-0.3, -0.25) is 0 Å². The van der Waals surface area contributed by atoms with E-state index in [9.17, 15) is 0 Å². The van der Waals surface area contributed by atoms with Crippen molar-refractivity contribution in [2.24, 2.45) is 5.92 Å². The molecule has 1 aliphatic rings. The van der Waals surface area contributed by atoms with Gasteiger partial charge in [-0.1, -0.05) is 19.1 Å². The zero-order valence-corrected chi connectivity index (χ0v) is 12.4. The number of nitrogens with zero attached hydrogens (tertiary/aromatic N) is 1. The van der Waals surface area contributed by atoms with Crippen molar-refractivity contribution in [1.82, 2.24) is 10.2 Å². The minimum atomic E-state index is 0.854. The number of nitrogens with one attached hydrogen (secondary N) is 1. The van der Waals surface area contributed by atoms with Crippen molar-refractivity contribution >= 4 is 0 Å². The summed E-state index contributed by atoms with van der Waals surface area (Å²) in [5.41, 5.74) is 2.72.